The minimum absolute atomic E-state index is 0. The number of phosphoric acid groups is 1. The molecule has 0 radical (unpaired) electrons. The van der Waals surface area contributed by atoms with Crippen LogP contribution >= 0.6 is 7.82 Å². The summed E-state index contributed by atoms with van der Waals surface area (Å²) in [5, 5.41) is 35.0. The van der Waals surface area contributed by atoms with Crippen molar-refractivity contribution in [1.29, 1.82) is 0 Å². The molecule has 7 aliphatic heterocycles. The molecule has 4 fully saturated rings. The van der Waals surface area contributed by atoms with E-state index in [2.05, 4.69) is 19.2 Å². The molecular formula is C63H100CoN13O15P-. The topological polar surface area (TPSA) is 496 Å². The molecule has 8 bridgehead atoms. The number of rotatable bonds is 26. The van der Waals surface area contributed by atoms with Gasteiger partial charge in [-0.2, -0.15) is 5.70 Å². The number of nitrogens with one attached hydrogen (secondary N) is 1. The van der Waals surface area contributed by atoms with Crippen molar-refractivity contribution in [3.8, 4) is 0 Å². The van der Waals surface area contributed by atoms with Crippen molar-refractivity contribution in [3.63, 3.8) is 0 Å². The SMILES string of the molecule is CC1=C2[N-][C@@H]([C@H](CC(N)=O)[C@@]2(C)CCC(=O)NC[C@@H](C)OP(=O)([O-])O[C@H]2C(O)[C@@H](N3C[N-]C4CC(C)C(C)CC43)O[C@@H]2CO)[C@]2(C)N=C(C(C)=C3N=C(C=C4N=C1[C@@H](CCC(N)=O)C4(C)C)[C@@H](CCC(N)=O)[C@]3(C)CC(N)=O)[C@@H](CCC(N)=O)[C@]2(C)CC(N)=O.O.[CH3-].[Co+3]. The molecule has 19 atom stereocenters. The van der Waals surface area contributed by atoms with Crippen LogP contribution in [0.4, 0.5) is 0 Å². The van der Waals surface area contributed by atoms with E-state index in [1.54, 1.807) is 6.92 Å². The first-order valence-electron chi connectivity index (χ1n) is 31.5. The van der Waals surface area contributed by atoms with Gasteiger partial charge in [0.15, 0.2) is 0 Å². The van der Waals surface area contributed by atoms with Gasteiger partial charge in [0.05, 0.1) is 23.9 Å². The molecule has 28 nitrogen and oxygen atoms in total. The Bertz CT molecular complexity index is 3160. The Hall–Kier alpha value is -5.30. The molecule has 3 saturated heterocycles. The Morgan fingerprint density at radius 3 is 1.97 bits per heavy atom. The number of allylic oxidation sites excluding steroid dienone is 6. The van der Waals surface area contributed by atoms with Crippen LogP contribution in [0.2, 0.25) is 0 Å². The fraction of sp³-hybridized carbons (Fsp3) is 0.730. The number of nitrogens with zero attached hydrogens (tertiary/aromatic N) is 6. The van der Waals surface area contributed by atoms with Gasteiger partial charge in [0.1, 0.15) is 24.5 Å². The summed E-state index contributed by atoms with van der Waals surface area (Å²) in [4.78, 5) is 125. The smallest absolute Gasteiger partial charge is 0.756 e. The zero-order chi connectivity index (χ0) is 66.7. The van der Waals surface area contributed by atoms with Crippen LogP contribution in [0.25, 0.3) is 10.6 Å². The molecule has 93 heavy (non-hydrogen) atoms. The number of primary amides is 6. The fourth-order valence-electron chi connectivity index (χ4n) is 16.5. The molecule has 0 aromatic rings. The van der Waals surface area contributed by atoms with E-state index in [1.807, 2.05) is 59.4 Å². The predicted octanol–water partition coefficient (Wildman–Crippen LogP) is 2.55. The van der Waals surface area contributed by atoms with Crippen LogP contribution in [0.15, 0.2) is 49.3 Å². The summed E-state index contributed by atoms with van der Waals surface area (Å²) in [6.45, 7) is 19.9. The Morgan fingerprint density at radius 2 is 1.40 bits per heavy atom. The van der Waals surface area contributed by atoms with Crippen molar-refractivity contribution < 1.29 is 89.3 Å². The van der Waals surface area contributed by atoms with E-state index >= 15 is 0 Å². The standard InChI is InChI=1S/C62H97N13O14P.CH3.Co.H2O/c1-29-20-39-40(21-30(29)2)75(28-70-39)57-52(84)53(41(27-76)87-57)89-90(85,86)88-31(3)26-69-49(83)18-19-59(8)37(22-46(66)80)56-62(11)61(10,25-48(68)82)36(14-17-45(65)79)51(74-62)33(5)55-60(9,24-47(67)81)34(12-15-43(63)77)38(71-55)23-42-58(6,7)35(13-16-44(64)78)50(72-42)32(4)54(59)73-56;;;/h23,29-31,34-37,39-41,52-53,56-57,76,84H,12-22,24-28H2,1-11H3,(H15,63,64,65,66,67,68,69,71,72,73,74,77,78,79,80,81,82,83,85,86);1H3;;1H2/q2*-1;+3;/p-2/t29?,30?,31-,34-,35-,36-,37+,39?,40?,41-,52?,53-,56+,57+,59-,60+,61+,62+;;;/m1.../s1. The molecule has 522 valence electrons. The second-order valence-electron chi connectivity index (χ2n) is 28.3. The van der Waals surface area contributed by atoms with Crippen molar-refractivity contribution in [2.45, 2.75) is 214 Å². The summed E-state index contributed by atoms with van der Waals surface area (Å²) >= 11 is 0. The molecule has 0 aromatic carbocycles. The molecule has 1 saturated carbocycles. The summed E-state index contributed by atoms with van der Waals surface area (Å²) < 4.78 is 30.6. The van der Waals surface area contributed by atoms with E-state index in [0.717, 1.165) is 12.8 Å². The number of ether oxygens (including phenoxy) is 1. The first kappa shape index (κ1) is 78.4. The number of aliphatic imine (C=N–C) groups is 3. The maximum Gasteiger partial charge on any atom is 3.00 e. The monoisotopic (exact) mass is 1370 g/mol. The zero-order valence-electron chi connectivity index (χ0n) is 55.7. The second-order valence-corrected chi connectivity index (χ2v) is 29.6. The maximum atomic E-state index is 14.4. The van der Waals surface area contributed by atoms with Gasteiger partial charge >= 0.3 is 16.8 Å². The number of hydrogen-bond acceptors (Lipinski definition) is 18. The molecule has 7 heterocycles. The van der Waals surface area contributed by atoms with Crippen LogP contribution in [-0.4, -0.2) is 153 Å². The van der Waals surface area contributed by atoms with Gasteiger partial charge in [0.25, 0.3) is 7.82 Å². The van der Waals surface area contributed by atoms with Crippen molar-refractivity contribution in [1.82, 2.24) is 10.2 Å². The number of aliphatic hydroxyl groups is 2. The van der Waals surface area contributed by atoms with Gasteiger partial charge in [0, 0.05) is 108 Å². The van der Waals surface area contributed by atoms with E-state index < -0.39 is 143 Å². The van der Waals surface area contributed by atoms with E-state index in [-0.39, 0.29) is 126 Å². The first-order chi connectivity index (χ1) is 41.8. The molecule has 17 N–H and O–H groups in total. The third-order valence-electron chi connectivity index (χ3n) is 21.9. The normalized spacial score (nSPS) is 36.0. The van der Waals surface area contributed by atoms with Crippen LogP contribution in [0.1, 0.15) is 160 Å². The molecule has 1 aliphatic carbocycles. The summed E-state index contributed by atoms with van der Waals surface area (Å²) in [6.07, 6.45) is -3.99. The van der Waals surface area contributed by atoms with Gasteiger partial charge < -0.3 is 92.1 Å². The van der Waals surface area contributed by atoms with E-state index in [1.165, 1.54) is 6.92 Å². The average Bonchev–Trinajstić information content (AvgIpc) is 1.53. The zero-order valence-corrected chi connectivity index (χ0v) is 57.6. The Labute approximate surface area is 556 Å². The van der Waals surface area contributed by atoms with Gasteiger partial charge in [-0.15, -0.1) is 6.04 Å². The van der Waals surface area contributed by atoms with E-state index in [9.17, 15) is 53.2 Å². The minimum Gasteiger partial charge on any atom is -0.756 e. The number of fused-ring (bicyclic) bond motifs is 7. The average molecular weight is 1370 g/mol. The predicted molar refractivity (Wildman–Crippen MR) is 342 cm³/mol. The number of amides is 7. The Balaban J connectivity index is 0.00000523. The largest absolute Gasteiger partial charge is 3.00 e. The third-order valence-corrected chi connectivity index (χ3v) is 23.0. The molecule has 8 rings (SSSR count). The molecule has 7 amide bonds. The molecule has 0 aromatic heterocycles. The van der Waals surface area contributed by atoms with Gasteiger partial charge in [-0.3, -0.25) is 58.0 Å². The molecule has 30 heteroatoms. The second kappa shape index (κ2) is 29.6. The quantitative estimate of drug-likeness (QED) is 0.0444. The van der Waals surface area contributed by atoms with Gasteiger partial charge in [-0.25, -0.2) is 0 Å². The van der Waals surface area contributed by atoms with Crippen LogP contribution < -0.4 is 44.6 Å². The van der Waals surface area contributed by atoms with Crippen LogP contribution in [0.3, 0.4) is 0 Å². The Kier molecular flexibility index (Phi) is 24.9. The summed E-state index contributed by atoms with van der Waals surface area (Å²) in [5.74, 6) is -6.50. The first-order valence-corrected chi connectivity index (χ1v) is 32.9. The molecule has 0 spiro atoms. The van der Waals surface area contributed by atoms with Crippen molar-refractivity contribution in [2.24, 2.45) is 107 Å². The van der Waals surface area contributed by atoms with Gasteiger partial charge in [-0.1, -0.05) is 67.6 Å². The third kappa shape index (κ3) is 15.3. The summed E-state index contributed by atoms with van der Waals surface area (Å²) in [5.41, 5.74) is 33.7. The number of aliphatic hydroxyl groups excluding tert-OH is 2. The van der Waals surface area contributed by atoms with Gasteiger partial charge in [-0.05, 0) is 106 Å². The molecule has 6 unspecified atom stereocenters. The van der Waals surface area contributed by atoms with Crippen molar-refractivity contribution >= 4 is 66.3 Å². The van der Waals surface area contributed by atoms with E-state index in [0.29, 0.717) is 57.2 Å². The molecular weight excluding hydrogens is 1270 g/mol. The van der Waals surface area contributed by atoms with Crippen LogP contribution in [-0.2, 0) is 68.7 Å². The van der Waals surface area contributed by atoms with E-state index in [4.69, 9.17) is 73.8 Å². The number of carbonyl (C=O) groups excluding carboxylic acids is 7. The minimum atomic E-state index is -5.28. The fourth-order valence-corrected chi connectivity index (χ4v) is 17.7. The van der Waals surface area contributed by atoms with Crippen LogP contribution in [0.5, 0.6) is 0 Å². The number of nitrogens with two attached hydrogens (primary N) is 6. The van der Waals surface area contributed by atoms with Crippen molar-refractivity contribution in [2.75, 3.05) is 19.8 Å². The van der Waals surface area contributed by atoms with Crippen LogP contribution in [0, 0.1) is 64.6 Å². The number of carbonyl (C=O) groups is 7. The summed E-state index contributed by atoms with van der Waals surface area (Å²) in [7, 11) is -5.28. The van der Waals surface area contributed by atoms with Crippen molar-refractivity contribution in [3.05, 3.63) is 52.4 Å². The number of hydrogen-bond donors (Lipinski definition) is 9. The Morgan fingerprint density at radius 1 is 0.817 bits per heavy atom. The van der Waals surface area contributed by atoms with Gasteiger partial charge in [0.2, 0.25) is 41.4 Å². The maximum absolute atomic E-state index is 14.4. The number of phosphoric ester groups is 1. The molecule has 8 aliphatic rings. The summed E-state index contributed by atoms with van der Waals surface area (Å²) in [6, 6.07) is -1.07.